The summed E-state index contributed by atoms with van der Waals surface area (Å²) in [6, 6.07) is 2.66. The van der Waals surface area contributed by atoms with Gasteiger partial charge in [0, 0.05) is 44.1 Å². The second-order valence-corrected chi connectivity index (χ2v) is 7.43. The first-order valence-corrected chi connectivity index (χ1v) is 8.94. The van der Waals surface area contributed by atoms with Crippen molar-refractivity contribution >= 4 is 17.2 Å². The van der Waals surface area contributed by atoms with Crippen molar-refractivity contribution in [1.29, 1.82) is 0 Å². The van der Waals surface area contributed by atoms with Crippen LogP contribution in [0.1, 0.15) is 24.8 Å². The monoisotopic (exact) mass is 395 g/mol. The fraction of sp³-hybridized carbons (Fsp3) is 0.474. The Morgan fingerprint density at radius 3 is 2.50 bits per heavy atom. The lowest BCUT2D eigenvalue weighted by Crippen LogP contribution is -2.44. The van der Waals surface area contributed by atoms with E-state index in [0.29, 0.717) is 30.2 Å². The van der Waals surface area contributed by atoms with Crippen molar-refractivity contribution in [2.45, 2.75) is 25.4 Å². The Morgan fingerprint density at radius 2 is 1.93 bits per heavy atom. The molecule has 0 saturated heterocycles. The van der Waals surface area contributed by atoms with Gasteiger partial charge in [-0.25, -0.2) is 4.98 Å². The molecule has 2 heterocycles. The molecule has 4 N–H and O–H groups in total. The maximum Gasteiger partial charge on any atom is 0.417 e. The average molecular weight is 395 g/mol. The van der Waals surface area contributed by atoms with Gasteiger partial charge < -0.3 is 21.1 Å². The summed E-state index contributed by atoms with van der Waals surface area (Å²) >= 11 is 0. The van der Waals surface area contributed by atoms with E-state index in [1.54, 1.807) is 13.2 Å². The Kier molecular flexibility index (Phi) is 5.38. The Morgan fingerprint density at radius 1 is 1.21 bits per heavy atom. The fourth-order valence-corrected chi connectivity index (χ4v) is 3.68. The number of rotatable bonds is 6. The Balaban J connectivity index is 1.95. The molecule has 0 spiro atoms. The minimum Gasteiger partial charge on any atom is -0.394 e. The minimum atomic E-state index is -4.49. The molecule has 9 heteroatoms. The van der Waals surface area contributed by atoms with E-state index in [1.165, 1.54) is 6.20 Å². The first kappa shape index (κ1) is 20.2. The van der Waals surface area contributed by atoms with Crippen LogP contribution in [0.2, 0.25) is 0 Å². The number of anilines is 3. The van der Waals surface area contributed by atoms with Gasteiger partial charge in [-0.1, -0.05) is 6.42 Å². The van der Waals surface area contributed by atoms with Crippen molar-refractivity contribution in [2.24, 2.45) is 5.41 Å². The molecule has 0 bridgehead atoms. The van der Waals surface area contributed by atoms with Crippen LogP contribution in [0.15, 0.2) is 24.5 Å². The normalized spacial score (nSPS) is 15.9. The summed E-state index contributed by atoms with van der Waals surface area (Å²) in [5.41, 5.74) is 12.7. The molecule has 0 aliphatic heterocycles. The molecule has 0 atom stereocenters. The van der Waals surface area contributed by atoms with Gasteiger partial charge in [0.25, 0.3) is 0 Å². The number of hydrogen-bond donors (Lipinski definition) is 2. The number of methoxy groups -OCH3 is 1. The molecule has 3 rings (SSSR count). The summed E-state index contributed by atoms with van der Waals surface area (Å²) in [5.74, 6) is 0.0752. The molecular weight excluding hydrogens is 371 g/mol. The number of ether oxygens (including phenoxy) is 1. The molecule has 0 aromatic carbocycles. The lowest BCUT2D eigenvalue weighted by atomic mass is 9.69. The molecule has 152 valence electrons. The van der Waals surface area contributed by atoms with E-state index < -0.39 is 11.7 Å². The van der Waals surface area contributed by atoms with Gasteiger partial charge >= 0.3 is 6.18 Å². The minimum absolute atomic E-state index is 0.0475. The second kappa shape index (κ2) is 7.46. The van der Waals surface area contributed by atoms with Gasteiger partial charge in [-0.2, -0.15) is 13.2 Å². The highest BCUT2D eigenvalue weighted by molar-refractivity contribution is 5.81. The number of hydrogen-bond acceptors (Lipinski definition) is 6. The first-order valence-electron chi connectivity index (χ1n) is 8.94. The average Bonchev–Trinajstić information content (AvgIpc) is 2.61. The molecule has 0 unspecified atom stereocenters. The molecule has 1 aliphatic carbocycles. The quantitative estimate of drug-likeness (QED) is 0.777. The van der Waals surface area contributed by atoms with Crippen LogP contribution in [0.3, 0.4) is 0 Å². The molecule has 6 nitrogen and oxygen atoms in total. The van der Waals surface area contributed by atoms with Gasteiger partial charge in [0.1, 0.15) is 5.82 Å². The number of nitrogens with two attached hydrogens (primary N) is 2. The molecule has 0 radical (unpaired) electrons. The standard InChI is InChI=1S/C19H24F3N5O/c1-27(10-18(11-28-2)4-3-5-18)15-7-14(26-17(24)16(15)23)12-6-13(9-25-8-12)19(20,21)22/h6-9H,3-5,10-11,23H2,1-2H3,(H2,24,26). The number of alkyl halides is 3. The third kappa shape index (κ3) is 3.99. The van der Waals surface area contributed by atoms with E-state index in [-0.39, 0.29) is 16.8 Å². The van der Waals surface area contributed by atoms with Crippen molar-refractivity contribution in [3.05, 3.63) is 30.1 Å². The van der Waals surface area contributed by atoms with Crippen molar-refractivity contribution in [1.82, 2.24) is 9.97 Å². The van der Waals surface area contributed by atoms with E-state index in [2.05, 4.69) is 9.97 Å². The predicted molar refractivity (Wildman–Crippen MR) is 103 cm³/mol. The highest BCUT2D eigenvalue weighted by atomic mass is 19.4. The highest BCUT2D eigenvalue weighted by Gasteiger charge is 2.38. The Hall–Kier alpha value is -2.55. The molecule has 1 saturated carbocycles. The smallest absolute Gasteiger partial charge is 0.394 e. The van der Waals surface area contributed by atoms with E-state index in [0.717, 1.165) is 31.5 Å². The summed E-state index contributed by atoms with van der Waals surface area (Å²) in [6.45, 7) is 1.34. The van der Waals surface area contributed by atoms with Crippen LogP contribution in [0.4, 0.5) is 30.4 Å². The van der Waals surface area contributed by atoms with Crippen LogP contribution in [0.5, 0.6) is 0 Å². The van der Waals surface area contributed by atoms with Crippen molar-refractivity contribution in [3.8, 4) is 11.3 Å². The maximum atomic E-state index is 13.0. The number of nitrogen functional groups attached to an aromatic ring is 2. The SMILES string of the molecule is COCC1(CN(C)c2cc(-c3cncc(C(F)(F)F)c3)nc(N)c2N)CCC1. The molecule has 2 aromatic heterocycles. The van der Waals surface area contributed by atoms with Crippen LogP contribution >= 0.6 is 0 Å². The summed E-state index contributed by atoms with van der Waals surface area (Å²) in [5, 5.41) is 0. The van der Waals surface area contributed by atoms with Gasteiger partial charge in [0.15, 0.2) is 0 Å². The zero-order valence-electron chi connectivity index (χ0n) is 15.9. The third-order valence-electron chi connectivity index (χ3n) is 5.28. The van der Waals surface area contributed by atoms with E-state index in [1.807, 2.05) is 11.9 Å². The summed E-state index contributed by atoms with van der Waals surface area (Å²) in [4.78, 5) is 9.84. The summed E-state index contributed by atoms with van der Waals surface area (Å²) < 4.78 is 44.4. The summed E-state index contributed by atoms with van der Waals surface area (Å²) in [6.07, 6.45) is 0.870. The molecule has 1 aliphatic rings. The molecular formula is C19H24F3N5O. The molecule has 0 amide bonds. The highest BCUT2D eigenvalue weighted by Crippen LogP contribution is 2.43. The van der Waals surface area contributed by atoms with Gasteiger partial charge in [0.05, 0.1) is 29.2 Å². The van der Waals surface area contributed by atoms with E-state index in [9.17, 15) is 13.2 Å². The fourth-order valence-electron chi connectivity index (χ4n) is 3.68. The largest absolute Gasteiger partial charge is 0.417 e. The lowest BCUT2D eigenvalue weighted by Gasteiger charge is -2.44. The predicted octanol–water partition coefficient (Wildman–Crippen LogP) is 3.58. The third-order valence-corrected chi connectivity index (χ3v) is 5.28. The Bertz CT molecular complexity index is 852. The van der Waals surface area contributed by atoms with E-state index >= 15 is 0 Å². The number of aromatic nitrogens is 2. The van der Waals surface area contributed by atoms with E-state index in [4.69, 9.17) is 16.2 Å². The van der Waals surface area contributed by atoms with Crippen LogP contribution in [-0.2, 0) is 10.9 Å². The van der Waals surface area contributed by atoms with Crippen LogP contribution in [0.25, 0.3) is 11.3 Å². The number of nitrogens with zero attached hydrogens (tertiary/aromatic N) is 3. The van der Waals surface area contributed by atoms with Crippen molar-refractivity contribution in [3.63, 3.8) is 0 Å². The lowest BCUT2D eigenvalue weighted by molar-refractivity contribution is -0.137. The van der Waals surface area contributed by atoms with Gasteiger partial charge in [-0.15, -0.1) is 0 Å². The number of pyridine rings is 2. The van der Waals surface area contributed by atoms with Gasteiger partial charge in [0.2, 0.25) is 0 Å². The zero-order chi connectivity index (χ0) is 20.5. The maximum absolute atomic E-state index is 13.0. The van der Waals surface area contributed by atoms with Crippen LogP contribution < -0.4 is 16.4 Å². The second-order valence-electron chi connectivity index (χ2n) is 7.43. The van der Waals surface area contributed by atoms with Crippen molar-refractivity contribution < 1.29 is 17.9 Å². The summed E-state index contributed by atoms with van der Waals surface area (Å²) in [7, 11) is 3.56. The number of halogens is 3. The van der Waals surface area contributed by atoms with Gasteiger partial charge in [-0.05, 0) is 25.0 Å². The van der Waals surface area contributed by atoms with Crippen LogP contribution in [-0.4, -0.2) is 37.3 Å². The molecule has 1 fully saturated rings. The van der Waals surface area contributed by atoms with Crippen LogP contribution in [0, 0.1) is 5.41 Å². The molecule has 28 heavy (non-hydrogen) atoms. The van der Waals surface area contributed by atoms with Gasteiger partial charge in [-0.3, -0.25) is 4.98 Å². The molecule has 2 aromatic rings. The topological polar surface area (TPSA) is 90.3 Å². The Labute approximate surface area is 161 Å². The van der Waals surface area contributed by atoms with Crippen molar-refractivity contribution in [2.75, 3.05) is 43.7 Å². The zero-order valence-corrected chi connectivity index (χ0v) is 15.9. The first-order chi connectivity index (χ1) is 13.1.